The van der Waals surface area contributed by atoms with E-state index in [0.29, 0.717) is 4.91 Å². The van der Waals surface area contributed by atoms with Crippen molar-refractivity contribution < 1.29 is 9.59 Å². The van der Waals surface area contributed by atoms with E-state index in [0.717, 1.165) is 11.8 Å². The predicted octanol–water partition coefficient (Wildman–Crippen LogP) is 2.15. The highest BCUT2D eigenvalue weighted by Crippen LogP contribution is 2.32. The molecule has 1 rings (SSSR count). The van der Waals surface area contributed by atoms with E-state index < -0.39 is 0 Å². The maximum absolute atomic E-state index is 11.2. The van der Waals surface area contributed by atoms with Gasteiger partial charge < -0.3 is 0 Å². The second-order valence-corrected chi connectivity index (χ2v) is 5.05. The fourth-order valence-corrected chi connectivity index (χ4v) is 1.98. The largest absolute Gasteiger partial charge is 0.293 e. The lowest BCUT2D eigenvalue weighted by atomic mass is 9.95. The van der Waals surface area contributed by atoms with E-state index in [2.05, 4.69) is 0 Å². The highest BCUT2D eigenvalue weighted by atomic mass is 32.2. The zero-order valence-corrected chi connectivity index (χ0v) is 8.33. The van der Waals surface area contributed by atoms with E-state index in [1.54, 1.807) is 0 Å². The van der Waals surface area contributed by atoms with Crippen molar-refractivity contribution in [3.63, 3.8) is 0 Å². The molecule has 0 aromatic carbocycles. The lowest BCUT2D eigenvalue weighted by Gasteiger charge is -2.11. The third kappa shape index (κ3) is 2.48. The Kier molecular flexibility index (Phi) is 2.42. The molecule has 1 aliphatic rings. The Hall–Kier alpha value is -0.570. The number of carbonyl (C=O) groups is 2. The molecule has 0 amide bonds. The highest BCUT2D eigenvalue weighted by Gasteiger charge is 2.27. The number of allylic oxidation sites excluding steroid dienone is 2. The minimum Gasteiger partial charge on any atom is -0.293 e. The van der Waals surface area contributed by atoms with Gasteiger partial charge in [-0.15, -0.1) is 0 Å². The summed E-state index contributed by atoms with van der Waals surface area (Å²) in [7, 11) is 0. The third-order valence-electron chi connectivity index (χ3n) is 1.37. The van der Waals surface area contributed by atoms with Crippen LogP contribution in [0.4, 0.5) is 0 Å². The van der Waals surface area contributed by atoms with E-state index in [4.69, 9.17) is 0 Å². The summed E-state index contributed by atoms with van der Waals surface area (Å²) in [6.07, 6.45) is 1.94. The molecule has 1 heterocycles. The first kappa shape index (κ1) is 9.52. The fourth-order valence-electron chi connectivity index (χ4n) is 0.937. The molecule has 0 atom stereocenters. The molecule has 0 spiro atoms. The molecule has 0 aliphatic carbocycles. The quantitative estimate of drug-likeness (QED) is 0.427. The Balaban J connectivity index is 2.84. The average Bonchev–Trinajstić information content (AvgIpc) is 2.06. The van der Waals surface area contributed by atoms with E-state index in [-0.39, 0.29) is 22.7 Å². The first-order valence-electron chi connectivity index (χ1n) is 3.85. The van der Waals surface area contributed by atoms with Crippen LogP contribution >= 0.6 is 11.8 Å². The van der Waals surface area contributed by atoms with Gasteiger partial charge in [-0.25, -0.2) is 0 Å². The Morgan fingerprint density at radius 2 is 1.92 bits per heavy atom. The maximum Gasteiger partial charge on any atom is 0.201 e. The predicted molar refractivity (Wildman–Crippen MR) is 49.8 cm³/mol. The zero-order chi connectivity index (χ0) is 9.35. The number of carbonyl (C=O) groups excluding carboxylic acids is 2. The van der Waals surface area contributed by atoms with Crippen LogP contribution in [0.3, 0.4) is 0 Å². The van der Waals surface area contributed by atoms with Crippen molar-refractivity contribution in [3.05, 3.63) is 11.0 Å². The van der Waals surface area contributed by atoms with Crippen LogP contribution in [0.2, 0.25) is 0 Å². The molecule has 66 valence electrons. The molecular weight excluding hydrogens is 172 g/mol. The van der Waals surface area contributed by atoms with Crippen LogP contribution in [0.1, 0.15) is 27.2 Å². The summed E-state index contributed by atoms with van der Waals surface area (Å²) in [5, 5.41) is -0.0319. The number of ketones is 1. The molecule has 0 saturated carbocycles. The van der Waals surface area contributed by atoms with Gasteiger partial charge in [0, 0.05) is 0 Å². The Bertz CT molecular complexity index is 258. The van der Waals surface area contributed by atoms with Gasteiger partial charge in [0.05, 0.1) is 11.3 Å². The fraction of sp³-hybridized carbons (Fsp3) is 0.556. The van der Waals surface area contributed by atoms with Crippen LogP contribution in [0.15, 0.2) is 11.0 Å². The summed E-state index contributed by atoms with van der Waals surface area (Å²) in [5.74, 6) is -0.0278. The standard InChI is InChI=1S/C9H12O2S/c1-9(2,3)5-7-6(10)4-8(11)12-7/h5H,4H2,1-3H3. The van der Waals surface area contributed by atoms with Crippen LogP contribution in [0, 0.1) is 5.41 Å². The van der Waals surface area contributed by atoms with Crippen LogP contribution in [-0.2, 0) is 9.59 Å². The summed E-state index contributed by atoms with van der Waals surface area (Å²) in [4.78, 5) is 22.6. The summed E-state index contributed by atoms with van der Waals surface area (Å²) in [6, 6.07) is 0. The number of Topliss-reactive ketones (excluding diaryl/α,β-unsaturated/α-hetero) is 1. The van der Waals surface area contributed by atoms with Crippen molar-refractivity contribution in [2.75, 3.05) is 0 Å². The molecule has 0 aromatic heterocycles. The van der Waals surface area contributed by atoms with Gasteiger partial charge >= 0.3 is 0 Å². The second kappa shape index (κ2) is 3.05. The molecule has 0 unspecified atom stereocenters. The van der Waals surface area contributed by atoms with Gasteiger partial charge in [0.1, 0.15) is 0 Å². The molecular formula is C9H12O2S. The molecule has 2 nitrogen and oxygen atoms in total. The molecule has 0 aromatic rings. The molecule has 1 fully saturated rings. The Morgan fingerprint density at radius 3 is 2.25 bits per heavy atom. The van der Waals surface area contributed by atoms with Crippen molar-refractivity contribution in [1.29, 1.82) is 0 Å². The molecule has 0 N–H and O–H groups in total. The molecule has 0 bridgehead atoms. The van der Waals surface area contributed by atoms with E-state index in [9.17, 15) is 9.59 Å². The van der Waals surface area contributed by atoms with Crippen molar-refractivity contribution in [3.8, 4) is 0 Å². The Labute approximate surface area is 76.4 Å². The van der Waals surface area contributed by atoms with Gasteiger partial charge in [-0.3, -0.25) is 9.59 Å². The van der Waals surface area contributed by atoms with Crippen LogP contribution in [0.25, 0.3) is 0 Å². The highest BCUT2D eigenvalue weighted by molar-refractivity contribution is 8.18. The first-order valence-corrected chi connectivity index (χ1v) is 4.67. The lowest BCUT2D eigenvalue weighted by Crippen LogP contribution is -2.02. The van der Waals surface area contributed by atoms with Gasteiger partial charge in [-0.05, 0) is 17.2 Å². The number of thioether (sulfide) groups is 1. The number of rotatable bonds is 0. The van der Waals surface area contributed by atoms with Crippen molar-refractivity contribution in [2.45, 2.75) is 27.2 Å². The smallest absolute Gasteiger partial charge is 0.201 e. The van der Waals surface area contributed by atoms with Crippen LogP contribution in [0.5, 0.6) is 0 Å². The maximum atomic E-state index is 11.2. The van der Waals surface area contributed by atoms with Gasteiger partial charge in [-0.2, -0.15) is 0 Å². The monoisotopic (exact) mass is 184 g/mol. The Morgan fingerprint density at radius 1 is 1.33 bits per heavy atom. The first-order chi connectivity index (χ1) is 5.38. The molecule has 1 aliphatic heterocycles. The van der Waals surface area contributed by atoms with Gasteiger partial charge in [0.25, 0.3) is 0 Å². The summed E-state index contributed by atoms with van der Waals surface area (Å²) < 4.78 is 0. The normalized spacial score (nSPS) is 22.4. The SMILES string of the molecule is CC(C)(C)C=C1SC(=O)CC1=O. The van der Waals surface area contributed by atoms with Crippen molar-refractivity contribution in [1.82, 2.24) is 0 Å². The summed E-state index contributed by atoms with van der Waals surface area (Å²) >= 11 is 1.07. The summed E-state index contributed by atoms with van der Waals surface area (Å²) in [6.45, 7) is 6.03. The average molecular weight is 184 g/mol. The zero-order valence-electron chi connectivity index (χ0n) is 7.51. The minimum absolute atomic E-state index is 0.0252. The summed E-state index contributed by atoms with van der Waals surface area (Å²) in [5.41, 5.74) is -0.0252. The van der Waals surface area contributed by atoms with E-state index in [1.165, 1.54) is 0 Å². The molecule has 1 saturated heterocycles. The van der Waals surface area contributed by atoms with Gasteiger partial charge in [0.2, 0.25) is 5.12 Å². The molecule has 3 heteroatoms. The van der Waals surface area contributed by atoms with Gasteiger partial charge in [0.15, 0.2) is 5.78 Å². The topological polar surface area (TPSA) is 34.1 Å². The van der Waals surface area contributed by atoms with Crippen LogP contribution < -0.4 is 0 Å². The second-order valence-electron chi connectivity index (χ2n) is 3.95. The lowest BCUT2D eigenvalue weighted by molar-refractivity contribution is -0.119. The van der Waals surface area contributed by atoms with Crippen LogP contribution in [-0.4, -0.2) is 10.9 Å². The van der Waals surface area contributed by atoms with E-state index in [1.807, 2.05) is 26.8 Å². The molecule has 0 radical (unpaired) electrons. The molecule has 12 heavy (non-hydrogen) atoms. The van der Waals surface area contributed by atoms with E-state index >= 15 is 0 Å². The number of hydrogen-bond acceptors (Lipinski definition) is 3. The minimum atomic E-state index is -0.0319. The van der Waals surface area contributed by atoms with Gasteiger partial charge in [-0.1, -0.05) is 26.8 Å². The third-order valence-corrected chi connectivity index (χ3v) is 2.31. The number of hydrogen-bond donors (Lipinski definition) is 0. The van der Waals surface area contributed by atoms with Crippen molar-refractivity contribution >= 4 is 22.7 Å². The van der Waals surface area contributed by atoms with Crippen molar-refractivity contribution in [2.24, 2.45) is 5.41 Å².